The fourth-order valence-corrected chi connectivity index (χ4v) is 4.03. The zero-order valence-corrected chi connectivity index (χ0v) is 21.1. The third-order valence-corrected chi connectivity index (χ3v) is 5.76. The number of benzene rings is 2. The van der Waals surface area contributed by atoms with Crippen LogP contribution in [-0.2, 0) is 14.3 Å². The first-order valence-electron chi connectivity index (χ1n) is 11.5. The number of hydrogen-bond acceptors (Lipinski definition) is 7. The number of aryl methyl sites for hydroxylation is 1. The van der Waals surface area contributed by atoms with Crippen LogP contribution in [0.25, 0.3) is 5.76 Å². The molecule has 2 aromatic rings. The van der Waals surface area contributed by atoms with Gasteiger partial charge in [-0.05, 0) is 42.7 Å². The lowest BCUT2D eigenvalue weighted by Gasteiger charge is -2.26. The maximum absolute atomic E-state index is 13.2. The highest BCUT2D eigenvalue weighted by Crippen LogP contribution is 2.43. The molecule has 2 aromatic carbocycles. The van der Waals surface area contributed by atoms with Crippen molar-refractivity contribution in [1.82, 2.24) is 4.90 Å². The molecule has 1 heterocycles. The van der Waals surface area contributed by atoms with Crippen LogP contribution in [0.5, 0.6) is 17.2 Å². The van der Waals surface area contributed by atoms with E-state index in [1.54, 1.807) is 37.4 Å². The average molecular weight is 484 g/mol. The molecule has 0 aliphatic carbocycles. The number of ether oxygens (including phenoxy) is 4. The lowest BCUT2D eigenvalue weighted by atomic mass is 9.94. The summed E-state index contributed by atoms with van der Waals surface area (Å²) in [6.07, 6.45) is 0. The highest BCUT2D eigenvalue weighted by molar-refractivity contribution is 6.46. The van der Waals surface area contributed by atoms with Gasteiger partial charge in [-0.15, -0.1) is 0 Å². The van der Waals surface area contributed by atoms with Crippen molar-refractivity contribution in [3.05, 3.63) is 58.7 Å². The number of aliphatic hydroxyl groups excluding tert-OH is 1. The van der Waals surface area contributed by atoms with Gasteiger partial charge in [-0.3, -0.25) is 9.59 Å². The van der Waals surface area contributed by atoms with E-state index < -0.39 is 17.7 Å². The number of rotatable bonds is 10. The first-order valence-corrected chi connectivity index (χ1v) is 11.5. The summed E-state index contributed by atoms with van der Waals surface area (Å²) in [5.41, 5.74) is 1.79. The average Bonchev–Trinajstić information content (AvgIpc) is 3.10. The molecule has 35 heavy (non-hydrogen) atoms. The highest BCUT2D eigenvalue weighted by atomic mass is 16.5. The van der Waals surface area contributed by atoms with E-state index in [4.69, 9.17) is 18.9 Å². The van der Waals surface area contributed by atoms with Crippen LogP contribution in [0, 0.1) is 12.8 Å². The molecule has 0 bridgehead atoms. The van der Waals surface area contributed by atoms with Gasteiger partial charge >= 0.3 is 0 Å². The molecular weight excluding hydrogens is 450 g/mol. The van der Waals surface area contributed by atoms with E-state index in [1.165, 1.54) is 19.1 Å². The number of ketones is 1. The van der Waals surface area contributed by atoms with Crippen molar-refractivity contribution in [1.29, 1.82) is 0 Å². The summed E-state index contributed by atoms with van der Waals surface area (Å²) in [5, 5.41) is 11.4. The van der Waals surface area contributed by atoms with Gasteiger partial charge in [0.15, 0.2) is 11.5 Å². The standard InChI is InChI=1S/C27H33NO7/c1-16(2)15-35-22-14-18(8-10-21(22)34-6)24-23(26(30)27(31)28(24)11-12-32-4)25(29)19-13-17(3)7-9-20(19)33-5/h7-10,13-14,16,24,29H,11-12,15H2,1-6H3/b25-23+. The molecular formula is C27H33NO7. The first-order chi connectivity index (χ1) is 16.7. The van der Waals surface area contributed by atoms with Gasteiger partial charge in [0.2, 0.25) is 0 Å². The molecule has 1 aliphatic heterocycles. The minimum Gasteiger partial charge on any atom is -0.507 e. The molecule has 1 atom stereocenters. The van der Waals surface area contributed by atoms with Gasteiger partial charge in [0, 0.05) is 13.7 Å². The quantitative estimate of drug-likeness (QED) is 0.309. The van der Waals surface area contributed by atoms with Crippen LogP contribution in [0.1, 0.15) is 36.6 Å². The highest BCUT2D eigenvalue weighted by Gasteiger charge is 2.46. The number of hydrogen-bond donors (Lipinski definition) is 1. The van der Waals surface area contributed by atoms with Gasteiger partial charge in [-0.2, -0.15) is 0 Å². The molecule has 8 heteroatoms. The second-order valence-corrected chi connectivity index (χ2v) is 8.80. The summed E-state index contributed by atoms with van der Waals surface area (Å²) in [6.45, 7) is 6.79. The van der Waals surface area contributed by atoms with E-state index in [0.29, 0.717) is 35.0 Å². The predicted molar refractivity (Wildman–Crippen MR) is 132 cm³/mol. The van der Waals surface area contributed by atoms with Crippen LogP contribution >= 0.6 is 0 Å². The molecule has 1 saturated heterocycles. The van der Waals surface area contributed by atoms with Crippen molar-refractivity contribution in [3.63, 3.8) is 0 Å². The van der Waals surface area contributed by atoms with Gasteiger partial charge in [-0.25, -0.2) is 0 Å². The van der Waals surface area contributed by atoms with Crippen LogP contribution in [0.2, 0.25) is 0 Å². The minimum atomic E-state index is -0.845. The zero-order chi connectivity index (χ0) is 25.7. The normalized spacial score (nSPS) is 17.2. The Kier molecular flexibility index (Phi) is 8.40. The Morgan fingerprint density at radius 3 is 2.31 bits per heavy atom. The third kappa shape index (κ3) is 5.43. The summed E-state index contributed by atoms with van der Waals surface area (Å²) >= 11 is 0. The summed E-state index contributed by atoms with van der Waals surface area (Å²) in [6, 6.07) is 9.67. The molecule has 0 aromatic heterocycles. The Labute approximate surface area is 206 Å². The van der Waals surface area contributed by atoms with Crippen LogP contribution < -0.4 is 14.2 Å². The molecule has 188 valence electrons. The molecule has 1 aliphatic rings. The molecule has 3 rings (SSSR count). The van der Waals surface area contributed by atoms with Crippen LogP contribution in [0.15, 0.2) is 42.0 Å². The Morgan fingerprint density at radius 1 is 1.00 bits per heavy atom. The molecule has 1 unspecified atom stereocenters. The molecule has 0 saturated carbocycles. The van der Waals surface area contributed by atoms with E-state index in [2.05, 4.69) is 0 Å². The molecule has 1 N–H and O–H groups in total. The largest absolute Gasteiger partial charge is 0.507 e. The number of aliphatic hydroxyl groups is 1. The Bertz CT molecular complexity index is 1120. The van der Waals surface area contributed by atoms with Crippen molar-refractivity contribution >= 4 is 17.4 Å². The van der Waals surface area contributed by atoms with E-state index in [-0.39, 0.29) is 30.4 Å². The van der Waals surface area contributed by atoms with Crippen LogP contribution in [-0.4, -0.2) is 62.8 Å². The van der Waals surface area contributed by atoms with E-state index >= 15 is 0 Å². The number of nitrogens with zero attached hydrogens (tertiary/aromatic N) is 1. The second kappa shape index (κ2) is 11.3. The fourth-order valence-electron chi connectivity index (χ4n) is 4.03. The summed E-state index contributed by atoms with van der Waals surface area (Å²) in [5.74, 6) is -0.0783. The zero-order valence-electron chi connectivity index (χ0n) is 21.1. The maximum Gasteiger partial charge on any atom is 0.295 e. The summed E-state index contributed by atoms with van der Waals surface area (Å²) in [7, 11) is 4.55. The second-order valence-electron chi connectivity index (χ2n) is 8.80. The van der Waals surface area contributed by atoms with E-state index in [9.17, 15) is 14.7 Å². The van der Waals surface area contributed by atoms with Gasteiger partial charge in [-0.1, -0.05) is 31.5 Å². The number of carbonyl (C=O) groups is 2. The van der Waals surface area contributed by atoms with Crippen molar-refractivity contribution in [2.75, 3.05) is 41.1 Å². The molecule has 8 nitrogen and oxygen atoms in total. The minimum absolute atomic E-state index is 0.0185. The molecule has 1 amide bonds. The van der Waals surface area contributed by atoms with Crippen molar-refractivity contribution in [2.24, 2.45) is 5.92 Å². The number of amides is 1. The summed E-state index contributed by atoms with van der Waals surface area (Å²) in [4.78, 5) is 27.7. The van der Waals surface area contributed by atoms with E-state index in [1.807, 2.05) is 26.8 Å². The molecule has 0 radical (unpaired) electrons. The van der Waals surface area contributed by atoms with Crippen molar-refractivity contribution < 1.29 is 33.6 Å². The lowest BCUT2D eigenvalue weighted by molar-refractivity contribution is -0.140. The van der Waals surface area contributed by atoms with Gasteiger partial charge < -0.3 is 29.0 Å². The number of likely N-dealkylation sites (tertiary alicyclic amines) is 1. The molecule has 1 fully saturated rings. The Morgan fingerprint density at radius 2 is 1.69 bits per heavy atom. The topological polar surface area (TPSA) is 94.5 Å². The van der Waals surface area contributed by atoms with Crippen LogP contribution in [0.4, 0.5) is 0 Å². The number of methoxy groups -OCH3 is 3. The number of Topliss-reactive ketones (excluding diaryl/α,β-unsaturated/α-hetero) is 1. The number of carbonyl (C=O) groups excluding carboxylic acids is 2. The smallest absolute Gasteiger partial charge is 0.295 e. The van der Waals surface area contributed by atoms with Crippen molar-refractivity contribution in [2.45, 2.75) is 26.8 Å². The van der Waals surface area contributed by atoms with Gasteiger partial charge in [0.25, 0.3) is 11.7 Å². The third-order valence-electron chi connectivity index (χ3n) is 5.76. The van der Waals surface area contributed by atoms with Crippen LogP contribution in [0.3, 0.4) is 0 Å². The monoisotopic (exact) mass is 483 g/mol. The first kappa shape index (κ1) is 26.1. The fraction of sp³-hybridized carbons (Fsp3) is 0.407. The SMILES string of the molecule is COCCN1C(=O)C(=O)/C(=C(/O)c2cc(C)ccc2OC)C1c1ccc(OC)c(OCC(C)C)c1. The predicted octanol–water partition coefficient (Wildman–Crippen LogP) is 4.12. The van der Waals surface area contributed by atoms with Gasteiger partial charge in [0.05, 0.1) is 44.6 Å². The van der Waals surface area contributed by atoms with E-state index in [0.717, 1.165) is 5.56 Å². The maximum atomic E-state index is 13.2. The Hall–Kier alpha value is -3.52. The molecule has 0 spiro atoms. The van der Waals surface area contributed by atoms with Gasteiger partial charge in [0.1, 0.15) is 11.5 Å². The Balaban J connectivity index is 2.22. The van der Waals surface area contributed by atoms with Crippen molar-refractivity contribution in [3.8, 4) is 17.2 Å². The lowest BCUT2D eigenvalue weighted by Crippen LogP contribution is -2.32. The summed E-state index contributed by atoms with van der Waals surface area (Å²) < 4.78 is 22.0.